The van der Waals surface area contributed by atoms with Crippen LogP contribution in [0, 0.1) is 0 Å². The molecule has 0 saturated heterocycles. The van der Waals surface area contributed by atoms with Crippen molar-refractivity contribution >= 4 is 23.2 Å². The first-order chi connectivity index (χ1) is 12.0. The Morgan fingerprint density at radius 1 is 1.00 bits per heavy atom. The minimum Gasteiger partial charge on any atom is -0.299 e. The lowest BCUT2D eigenvalue weighted by Crippen LogP contribution is -2.59. The molecule has 5 heteroatoms. The molecule has 142 valence electrons. The van der Waals surface area contributed by atoms with Crippen molar-refractivity contribution in [3.8, 4) is 0 Å². The van der Waals surface area contributed by atoms with E-state index in [1.165, 1.54) is 0 Å². The van der Waals surface area contributed by atoms with Gasteiger partial charge in [-0.2, -0.15) is 0 Å². The normalized spacial score (nSPS) is 11.6. The van der Waals surface area contributed by atoms with Crippen molar-refractivity contribution in [3.63, 3.8) is 0 Å². The van der Waals surface area contributed by atoms with E-state index in [0.717, 1.165) is 57.3 Å². The molecular formula is C20H34ClN3O. The molecule has 1 aromatic carbocycles. The summed E-state index contributed by atoms with van der Waals surface area (Å²) in [6.45, 7) is 10.4. The molecule has 0 atom stereocenters. The Morgan fingerprint density at radius 2 is 1.52 bits per heavy atom. The Labute approximate surface area is 158 Å². The van der Waals surface area contributed by atoms with Crippen molar-refractivity contribution in [3.05, 3.63) is 29.3 Å². The molecule has 2 N–H and O–H groups in total. The van der Waals surface area contributed by atoms with E-state index < -0.39 is 5.54 Å². The average molecular weight is 368 g/mol. The van der Waals surface area contributed by atoms with E-state index in [9.17, 15) is 4.79 Å². The van der Waals surface area contributed by atoms with Crippen LogP contribution in [0.4, 0.5) is 5.69 Å². The summed E-state index contributed by atoms with van der Waals surface area (Å²) in [5.74, 6) is 0.0630. The van der Waals surface area contributed by atoms with E-state index >= 15 is 0 Å². The summed E-state index contributed by atoms with van der Waals surface area (Å²) < 4.78 is 0. The third-order valence-electron chi connectivity index (χ3n) is 4.84. The molecule has 1 rings (SSSR count). The highest BCUT2D eigenvalue weighted by molar-refractivity contribution is 6.30. The number of unbranched alkanes of at least 4 members (excludes halogenated alkanes) is 2. The molecule has 0 aliphatic carbocycles. The minimum absolute atomic E-state index is 0.0630. The number of nitrogens with one attached hydrogen (secondary N) is 2. The number of likely N-dealkylation sites (N-methyl/N-ethyl adjacent to an activating group) is 1. The zero-order chi connectivity index (χ0) is 18.7. The van der Waals surface area contributed by atoms with Gasteiger partial charge in [0, 0.05) is 5.02 Å². The molecule has 0 fully saturated rings. The van der Waals surface area contributed by atoms with Crippen molar-refractivity contribution in [2.45, 2.75) is 71.8 Å². The fourth-order valence-corrected chi connectivity index (χ4v) is 3.48. The summed E-state index contributed by atoms with van der Waals surface area (Å²) in [6, 6.07) is 7.34. The van der Waals surface area contributed by atoms with E-state index in [4.69, 9.17) is 11.6 Å². The van der Waals surface area contributed by atoms with Gasteiger partial charge in [0.1, 0.15) is 5.54 Å². The van der Waals surface area contributed by atoms with Crippen LogP contribution in [0.15, 0.2) is 24.3 Å². The van der Waals surface area contributed by atoms with Crippen molar-refractivity contribution in [1.29, 1.82) is 0 Å². The second-order valence-corrected chi connectivity index (χ2v) is 6.93. The van der Waals surface area contributed by atoms with Crippen molar-refractivity contribution < 1.29 is 4.79 Å². The SMILES string of the molecule is CCCCC(CCCC)(C(=O)NNc1ccc(Cl)cc1)N(CC)CC. The van der Waals surface area contributed by atoms with Crippen molar-refractivity contribution in [2.24, 2.45) is 0 Å². The molecule has 1 amide bonds. The summed E-state index contributed by atoms with van der Waals surface area (Å²) in [4.78, 5) is 15.6. The molecule has 0 bridgehead atoms. The Kier molecular flexibility index (Phi) is 9.91. The average Bonchev–Trinajstić information content (AvgIpc) is 2.63. The number of hydrazine groups is 1. The first-order valence-electron chi connectivity index (χ1n) is 9.61. The number of carbonyl (C=O) groups excluding carboxylic acids is 1. The maximum absolute atomic E-state index is 13.2. The molecule has 0 heterocycles. The first kappa shape index (κ1) is 21.8. The van der Waals surface area contributed by atoms with Crippen molar-refractivity contribution in [1.82, 2.24) is 10.3 Å². The lowest BCUT2D eigenvalue weighted by Gasteiger charge is -2.42. The number of anilines is 1. The topological polar surface area (TPSA) is 44.4 Å². The van der Waals surface area contributed by atoms with E-state index in [0.29, 0.717) is 5.02 Å². The maximum Gasteiger partial charge on any atom is 0.258 e. The zero-order valence-electron chi connectivity index (χ0n) is 16.2. The van der Waals surface area contributed by atoms with E-state index in [1.54, 1.807) is 0 Å². The molecule has 0 spiro atoms. The van der Waals surface area contributed by atoms with Crippen LogP contribution in [-0.2, 0) is 4.79 Å². The monoisotopic (exact) mass is 367 g/mol. The van der Waals surface area contributed by atoms with Crippen molar-refractivity contribution in [2.75, 3.05) is 18.5 Å². The predicted octanol–water partition coefficient (Wildman–Crippen LogP) is 5.24. The van der Waals surface area contributed by atoms with Gasteiger partial charge >= 0.3 is 0 Å². The Morgan fingerprint density at radius 3 is 1.96 bits per heavy atom. The number of hydrogen-bond donors (Lipinski definition) is 2. The summed E-state index contributed by atoms with van der Waals surface area (Å²) in [5, 5.41) is 0.681. The number of amides is 1. The van der Waals surface area contributed by atoms with Crippen LogP contribution < -0.4 is 10.9 Å². The third kappa shape index (κ3) is 6.19. The van der Waals surface area contributed by atoms with Gasteiger partial charge in [-0.1, -0.05) is 65.0 Å². The second-order valence-electron chi connectivity index (χ2n) is 6.50. The molecule has 0 radical (unpaired) electrons. The van der Waals surface area contributed by atoms with Gasteiger partial charge in [-0.05, 0) is 50.2 Å². The number of nitrogens with zero attached hydrogens (tertiary/aromatic N) is 1. The van der Waals surface area contributed by atoms with Gasteiger partial charge in [-0.3, -0.25) is 20.5 Å². The second kappa shape index (κ2) is 11.4. The van der Waals surface area contributed by atoms with Crippen LogP contribution in [0.3, 0.4) is 0 Å². The van der Waals surface area contributed by atoms with Gasteiger partial charge in [0.2, 0.25) is 0 Å². The smallest absolute Gasteiger partial charge is 0.258 e. The zero-order valence-corrected chi connectivity index (χ0v) is 17.0. The van der Waals surface area contributed by atoms with Gasteiger partial charge in [0.05, 0.1) is 5.69 Å². The highest BCUT2D eigenvalue weighted by atomic mass is 35.5. The quantitative estimate of drug-likeness (QED) is 0.496. The van der Waals surface area contributed by atoms with Gasteiger partial charge in [0.15, 0.2) is 0 Å². The molecule has 25 heavy (non-hydrogen) atoms. The maximum atomic E-state index is 13.2. The minimum atomic E-state index is -0.449. The fourth-order valence-electron chi connectivity index (χ4n) is 3.36. The Hall–Kier alpha value is -1.26. The molecule has 4 nitrogen and oxygen atoms in total. The Balaban J connectivity index is 2.96. The van der Waals surface area contributed by atoms with Crippen LogP contribution in [0.25, 0.3) is 0 Å². The van der Waals surface area contributed by atoms with Gasteiger partial charge in [0.25, 0.3) is 5.91 Å². The summed E-state index contributed by atoms with van der Waals surface area (Å²) >= 11 is 5.92. The van der Waals surface area contributed by atoms with Crippen LogP contribution in [0.2, 0.25) is 5.02 Å². The van der Waals surface area contributed by atoms with Crippen LogP contribution in [0.5, 0.6) is 0 Å². The number of rotatable bonds is 12. The van der Waals surface area contributed by atoms with Crippen LogP contribution >= 0.6 is 11.6 Å². The highest BCUT2D eigenvalue weighted by Gasteiger charge is 2.41. The summed E-state index contributed by atoms with van der Waals surface area (Å²) in [6.07, 6.45) is 6.06. The molecule has 0 aliphatic rings. The van der Waals surface area contributed by atoms with Gasteiger partial charge in [-0.25, -0.2) is 0 Å². The summed E-state index contributed by atoms with van der Waals surface area (Å²) in [5.41, 5.74) is 6.38. The van der Waals surface area contributed by atoms with Gasteiger partial charge < -0.3 is 0 Å². The lowest BCUT2D eigenvalue weighted by molar-refractivity contribution is -0.134. The summed E-state index contributed by atoms with van der Waals surface area (Å²) in [7, 11) is 0. The van der Waals surface area contributed by atoms with E-state index in [-0.39, 0.29) is 5.91 Å². The van der Waals surface area contributed by atoms with E-state index in [1.807, 2.05) is 24.3 Å². The van der Waals surface area contributed by atoms with Crippen LogP contribution in [0.1, 0.15) is 66.2 Å². The van der Waals surface area contributed by atoms with Gasteiger partial charge in [-0.15, -0.1) is 0 Å². The highest BCUT2D eigenvalue weighted by Crippen LogP contribution is 2.29. The number of hydrogen-bond acceptors (Lipinski definition) is 3. The number of carbonyl (C=O) groups is 1. The molecule has 1 aromatic rings. The van der Waals surface area contributed by atoms with Crippen LogP contribution in [-0.4, -0.2) is 29.4 Å². The molecule has 0 aliphatic heterocycles. The largest absolute Gasteiger partial charge is 0.299 e. The lowest BCUT2D eigenvalue weighted by atomic mass is 9.84. The van der Waals surface area contributed by atoms with E-state index in [2.05, 4.69) is 43.4 Å². The third-order valence-corrected chi connectivity index (χ3v) is 5.10. The molecule has 0 aromatic heterocycles. The number of halogens is 1. The standard InChI is InChI=1S/C20H34ClN3O/c1-5-9-15-20(16-10-6-2,24(7-3)8-4)19(25)23-22-18-13-11-17(21)12-14-18/h11-14,22H,5-10,15-16H2,1-4H3,(H,23,25). The fraction of sp³-hybridized carbons (Fsp3) is 0.650. The first-order valence-corrected chi connectivity index (χ1v) is 9.98. The Bertz CT molecular complexity index is 492. The molecule has 0 unspecified atom stereocenters. The number of benzene rings is 1. The molecule has 0 saturated carbocycles. The molecular weight excluding hydrogens is 334 g/mol. The predicted molar refractivity (Wildman–Crippen MR) is 108 cm³/mol.